The van der Waals surface area contributed by atoms with Gasteiger partial charge in [-0.15, -0.1) is 0 Å². The third-order valence-corrected chi connectivity index (χ3v) is 2.46. The number of amides is 1. The Kier molecular flexibility index (Phi) is 6.20. The Morgan fingerprint density at radius 1 is 1.50 bits per heavy atom. The molecule has 12 heavy (non-hydrogen) atoms. The standard InChI is InChI=1S/C8H18N2OS/c1-6(5-12-4)10-8(11)7(2)9-3/h6-7,9H,5H2,1-4H3,(H,10,11). The molecule has 0 aromatic heterocycles. The summed E-state index contributed by atoms with van der Waals surface area (Å²) in [6.45, 7) is 3.86. The van der Waals surface area contributed by atoms with E-state index < -0.39 is 0 Å². The average Bonchev–Trinajstić information content (AvgIpc) is 2.03. The monoisotopic (exact) mass is 190 g/mol. The van der Waals surface area contributed by atoms with Crippen molar-refractivity contribution >= 4 is 17.7 Å². The predicted molar refractivity (Wildman–Crippen MR) is 54.5 cm³/mol. The van der Waals surface area contributed by atoms with Gasteiger partial charge < -0.3 is 10.6 Å². The second-order valence-corrected chi connectivity index (χ2v) is 3.79. The Bertz CT molecular complexity index is 141. The molecule has 0 aliphatic heterocycles. The number of hydrogen-bond acceptors (Lipinski definition) is 3. The van der Waals surface area contributed by atoms with Crippen LogP contribution in [0.3, 0.4) is 0 Å². The van der Waals surface area contributed by atoms with Crippen LogP contribution in [0.4, 0.5) is 0 Å². The summed E-state index contributed by atoms with van der Waals surface area (Å²) in [4.78, 5) is 11.3. The van der Waals surface area contributed by atoms with Crippen molar-refractivity contribution in [2.75, 3.05) is 19.1 Å². The van der Waals surface area contributed by atoms with Gasteiger partial charge in [0.15, 0.2) is 0 Å². The highest BCUT2D eigenvalue weighted by molar-refractivity contribution is 7.98. The molecule has 0 rings (SSSR count). The van der Waals surface area contributed by atoms with E-state index >= 15 is 0 Å². The van der Waals surface area contributed by atoms with E-state index in [1.165, 1.54) is 0 Å². The predicted octanol–water partition coefficient (Wildman–Crippen LogP) is 0.462. The normalized spacial score (nSPS) is 15.3. The number of nitrogens with one attached hydrogen (secondary N) is 2. The molecule has 2 unspecified atom stereocenters. The van der Waals surface area contributed by atoms with Crippen molar-refractivity contribution in [2.24, 2.45) is 0 Å². The van der Waals surface area contributed by atoms with Crippen LogP contribution < -0.4 is 10.6 Å². The number of thioether (sulfide) groups is 1. The molecule has 0 spiro atoms. The molecular weight excluding hydrogens is 172 g/mol. The molecule has 0 aromatic rings. The van der Waals surface area contributed by atoms with Crippen molar-refractivity contribution < 1.29 is 4.79 Å². The fourth-order valence-electron chi connectivity index (χ4n) is 0.791. The van der Waals surface area contributed by atoms with Crippen LogP contribution in [0.25, 0.3) is 0 Å². The lowest BCUT2D eigenvalue weighted by Gasteiger charge is -2.15. The second-order valence-electron chi connectivity index (χ2n) is 2.88. The van der Waals surface area contributed by atoms with Crippen LogP contribution >= 0.6 is 11.8 Å². The summed E-state index contributed by atoms with van der Waals surface area (Å²) in [6.07, 6.45) is 2.03. The van der Waals surface area contributed by atoms with Gasteiger partial charge in [0.1, 0.15) is 0 Å². The highest BCUT2D eigenvalue weighted by Gasteiger charge is 2.11. The van der Waals surface area contributed by atoms with E-state index in [4.69, 9.17) is 0 Å². The van der Waals surface area contributed by atoms with Gasteiger partial charge in [0.25, 0.3) is 0 Å². The van der Waals surface area contributed by atoms with Crippen molar-refractivity contribution in [1.29, 1.82) is 0 Å². The van der Waals surface area contributed by atoms with Crippen molar-refractivity contribution in [1.82, 2.24) is 10.6 Å². The summed E-state index contributed by atoms with van der Waals surface area (Å²) >= 11 is 1.74. The first kappa shape index (κ1) is 11.8. The van der Waals surface area contributed by atoms with Gasteiger partial charge in [-0.05, 0) is 27.2 Å². The lowest BCUT2D eigenvalue weighted by atomic mass is 10.3. The summed E-state index contributed by atoms with van der Waals surface area (Å²) < 4.78 is 0. The molecule has 0 aliphatic carbocycles. The van der Waals surface area contributed by atoms with Gasteiger partial charge in [0.2, 0.25) is 5.91 Å². The third-order valence-electron chi connectivity index (χ3n) is 1.63. The zero-order valence-corrected chi connectivity index (χ0v) is 8.99. The SMILES string of the molecule is CNC(C)C(=O)NC(C)CSC. The topological polar surface area (TPSA) is 41.1 Å². The zero-order valence-electron chi connectivity index (χ0n) is 8.18. The maximum atomic E-state index is 11.3. The summed E-state index contributed by atoms with van der Waals surface area (Å²) in [7, 11) is 1.78. The minimum absolute atomic E-state index is 0.0686. The molecule has 0 heterocycles. The number of rotatable bonds is 5. The summed E-state index contributed by atoms with van der Waals surface area (Å²) in [5.41, 5.74) is 0. The molecule has 0 fully saturated rings. The molecule has 72 valence electrons. The molecule has 3 nitrogen and oxygen atoms in total. The van der Waals surface area contributed by atoms with Crippen LogP contribution in [0.1, 0.15) is 13.8 Å². The average molecular weight is 190 g/mol. The number of carbonyl (C=O) groups is 1. The first-order valence-electron chi connectivity index (χ1n) is 4.08. The van der Waals surface area contributed by atoms with Crippen LogP contribution in [0, 0.1) is 0 Å². The van der Waals surface area contributed by atoms with Gasteiger partial charge in [-0.3, -0.25) is 4.79 Å². The van der Waals surface area contributed by atoms with E-state index in [2.05, 4.69) is 10.6 Å². The molecule has 0 saturated heterocycles. The van der Waals surface area contributed by atoms with Crippen LogP contribution in [0.15, 0.2) is 0 Å². The fraction of sp³-hybridized carbons (Fsp3) is 0.875. The largest absolute Gasteiger partial charge is 0.351 e. The molecular formula is C8H18N2OS. The zero-order chi connectivity index (χ0) is 9.56. The lowest BCUT2D eigenvalue weighted by Crippen LogP contribution is -2.44. The van der Waals surface area contributed by atoms with E-state index in [-0.39, 0.29) is 18.0 Å². The van der Waals surface area contributed by atoms with Crippen molar-refractivity contribution in [3.05, 3.63) is 0 Å². The minimum Gasteiger partial charge on any atom is -0.351 e. The summed E-state index contributed by atoms with van der Waals surface area (Å²) in [6, 6.07) is 0.151. The van der Waals surface area contributed by atoms with Crippen LogP contribution in [0.5, 0.6) is 0 Å². The Morgan fingerprint density at radius 2 is 2.08 bits per heavy atom. The highest BCUT2D eigenvalue weighted by Crippen LogP contribution is 1.96. The van der Waals surface area contributed by atoms with E-state index in [0.29, 0.717) is 0 Å². The Morgan fingerprint density at radius 3 is 2.50 bits per heavy atom. The lowest BCUT2D eigenvalue weighted by molar-refractivity contribution is -0.123. The van der Waals surface area contributed by atoms with E-state index in [1.54, 1.807) is 18.8 Å². The minimum atomic E-state index is -0.102. The molecule has 0 saturated carbocycles. The Hall–Kier alpha value is -0.220. The number of likely N-dealkylation sites (N-methyl/N-ethyl adjacent to an activating group) is 1. The van der Waals surface area contributed by atoms with Crippen LogP contribution in [-0.4, -0.2) is 37.0 Å². The number of hydrogen-bond donors (Lipinski definition) is 2. The maximum absolute atomic E-state index is 11.3. The molecule has 0 aliphatic rings. The fourth-order valence-corrected chi connectivity index (χ4v) is 1.37. The first-order chi connectivity index (χ1) is 5.61. The Balaban J connectivity index is 3.67. The van der Waals surface area contributed by atoms with Gasteiger partial charge in [0, 0.05) is 11.8 Å². The number of carbonyl (C=O) groups excluding carboxylic acids is 1. The van der Waals surface area contributed by atoms with Gasteiger partial charge in [0.05, 0.1) is 6.04 Å². The molecule has 4 heteroatoms. The summed E-state index contributed by atoms with van der Waals surface area (Å²) in [5.74, 6) is 1.03. The molecule has 2 atom stereocenters. The van der Waals surface area contributed by atoms with Crippen LogP contribution in [-0.2, 0) is 4.79 Å². The second kappa shape index (κ2) is 6.31. The van der Waals surface area contributed by atoms with E-state index in [1.807, 2.05) is 20.1 Å². The van der Waals surface area contributed by atoms with Crippen LogP contribution in [0.2, 0.25) is 0 Å². The van der Waals surface area contributed by atoms with Crippen molar-refractivity contribution in [2.45, 2.75) is 25.9 Å². The molecule has 1 amide bonds. The quantitative estimate of drug-likeness (QED) is 0.662. The molecule has 0 bridgehead atoms. The van der Waals surface area contributed by atoms with Crippen molar-refractivity contribution in [3.63, 3.8) is 0 Å². The van der Waals surface area contributed by atoms with Gasteiger partial charge in [-0.25, -0.2) is 0 Å². The molecule has 0 radical (unpaired) electrons. The maximum Gasteiger partial charge on any atom is 0.237 e. The smallest absolute Gasteiger partial charge is 0.237 e. The molecule has 0 aromatic carbocycles. The van der Waals surface area contributed by atoms with E-state index in [9.17, 15) is 4.79 Å². The van der Waals surface area contributed by atoms with Gasteiger partial charge in [-0.1, -0.05) is 0 Å². The highest BCUT2D eigenvalue weighted by atomic mass is 32.2. The van der Waals surface area contributed by atoms with Gasteiger partial charge in [-0.2, -0.15) is 11.8 Å². The summed E-state index contributed by atoms with van der Waals surface area (Å²) in [5, 5.41) is 5.80. The van der Waals surface area contributed by atoms with Crippen molar-refractivity contribution in [3.8, 4) is 0 Å². The Labute approximate surface area is 78.7 Å². The van der Waals surface area contributed by atoms with Gasteiger partial charge >= 0.3 is 0 Å². The molecule has 2 N–H and O–H groups in total. The van der Waals surface area contributed by atoms with E-state index in [0.717, 1.165) is 5.75 Å². The third kappa shape index (κ3) is 4.62. The first-order valence-corrected chi connectivity index (χ1v) is 5.47.